The van der Waals surface area contributed by atoms with Gasteiger partial charge in [-0.1, -0.05) is 103 Å². The van der Waals surface area contributed by atoms with Crippen LogP contribution >= 0.6 is 0 Å². The van der Waals surface area contributed by atoms with E-state index in [4.69, 9.17) is 18.9 Å². The number of fused-ring (bicyclic) bond motifs is 1. The Labute approximate surface area is 374 Å². The van der Waals surface area contributed by atoms with Gasteiger partial charge in [0.2, 0.25) is 23.5 Å². The van der Waals surface area contributed by atoms with Gasteiger partial charge in [-0.05, 0) is 62.6 Å². The summed E-state index contributed by atoms with van der Waals surface area (Å²) in [5, 5.41) is 13.1. The lowest BCUT2D eigenvalue weighted by Gasteiger charge is -2.34. The van der Waals surface area contributed by atoms with Crippen LogP contribution in [0.3, 0.4) is 0 Å². The standard InChI is InChI=1S/C51H57N3O10/c1-50(2,3)63-45(57)29-27-40(33-55)52-47(58)41(30-35-16-10-7-11-17-35)54(6)48(59)37-31-42(61-49(60)36-25-22-34(23-26-36)24-28-44(56)53(4)5)46-43(32-37)62-51(64-46,38-18-12-8-13-19-38)39-20-14-9-15-21-39/h7-26,28,32,40-43,46,55H,27,29-31,33H2,1-6H3,(H,52,58). The first-order chi connectivity index (χ1) is 30.6. The van der Waals surface area contributed by atoms with Gasteiger partial charge in [0.1, 0.15) is 30.0 Å². The number of nitrogens with zero attached hydrogens (tertiary/aromatic N) is 2. The van der Waals surface area contributed by atoms with Crippen molar-refractivity contribution in [2.45, 2.75) is 88.2 Å². The fourth-order valence-electron chi connectivity index (χ4n) is 7.64. The molecule has 336 valence electrons. The first-order valence-corrected chi connectivity index (χ1v) is 21.4. The molecule has 4 aromatic rings. The Morgan fingerprint density at radius 3 is 2.00 bits per heavy atom. The van der Waals surface area contributed by atoms with Crippen molar-refractivity contribution in [1.29, 1.82) is 0 Å². The minimum absolute atomic E-state index is 0.0368. The molecule has 5 atom stereocenters. The van der Waals surface area contributed by atoms with Gasteiger partial charge in [0, 0.05) is 63.2 Å². The Balaban J connectivity index is 1.31. The highest BCUT2D eigenvalue weighted by molar-refractivity contribution is 5.97. The number of hydrogen-bond acceptors (Lipinski definition) is 10. The molecule has 13 heteroatoms. The second kappa shape index (κ2) is 20.8. The van der Waals surface area contributed by atoms with Gasteiger partial charge in [-0.3, -0.25) is 19.2 Å². The lowest BCUT2D eigenvalue weighted by atomic mass is 9.90. The van der Waals surface area contributed by atoms with Crippen LogP contribution in [0.15, 0.2) is 133 Å². The number of amides is 3. The van der Waals surface area contributed by atoms with Crippen molar-refractivity contribution in [3.63, 3.8) is 0 Å². The van der Waals surface area contributed by atoms with Gasteiger partial charge in [-0.2, -0.15) is 0 Å². The largest absolute Gasteiger partial charge is 0.460 e. The molecule has 2 N–H and O–H groups in total. The summed E-state index contributed by atoms with van der Waals surface area (Å²) in [6, 6.07) is 32.8. The lowest BCUT2D eigenvalue weighted by Crippen LogP contribution is -2.53. The van der Waals surface area contributed by atoms with Gasteiger partial charge >= 0.3 is 11.9 Å². The molecule has 0 bridgehead atoms. The predicted molar refractivity (Wildman–Crippen MR) is 240 cm³/mol. The Kier molecular flexibility index (Phi) is 15.3. The molecule has 0 radical (unpaired) electrons. The average Bonchev–Trinajstić information content (AvgIpc) is 3.70. The first-order valence-electron chi connectivity index (χ1n) is 21.4. The summed E-state index contributed by atoms with van der Waals surface area (Å²) >= 11 is 0. The Morgan fingerprint density at radius 1 is 0.844 bits per heavy atom. The number of rotatable bonds is 16. The molecule has 1 fully saturated rings. The monoisotopic (exact) mass is 871 g/mol. The minimum Gasteiger partial charge on any atom is -0.460 e. The summed E-state index contributed by atoms with van der Waals surface area (Å²) in [5.74, 6) is -3.78. The number of carbonyl (C=O) groups is 5. The van der Waals surface area contributed by atoms with Gasteiger partial charge in [-0.25, -0.2) is 4.79 Å². The first kappa shape index (κ1) is 47.1. The van der Waals surface area contributed by atoms with Crippen molar-refractivity contribution >= 4 is 35.7 Å². The van der Waals surface area contributed by atoms with Crippen molar-refractivity contribution in [1.82, 2.24) is 15.1 Å². The highest BCUT2D eigenvalue weighted by atomic mass is 16.8. The topological polar surface area (TPSA) is 161 Å². The highest BCUT2D eigenvalue weighted by Crippen LogP contribution is 2.47. The van der Waals surface area contributed by atoms with E-state index in [9.17, 15) is 29.1 Å². The molecule has 64 heavy (non-hydrogen) atoms. The van der Waals surface area contributed by atoms with Gasteiger partial charge in [0.05, 0.1) is 18.2 Å². The maximum Gasteiger partial charge on any atom is 0.338 e. The number of carbonyl (C=O) groups excluding carboxylic acids is 5. The molecule has 6 rings (SSSR count). The molecule has 1 aliphatic carbocycles. The third-order valence-electron chi connectivity index (χ3n) is 11.0. The van der Waals surface area contributed by atoms with E-state index < -0.39 is 72.1 Å². The van der Waals surface area contributed by atoms with E-state index in [-0.39, 0.29) is 42.7 Å². The fraction of sp³-hybridized carbons (Fsp3) is 0.353. The van der Waals surface area contributed by atoms with Crippen LogP contribution in [0.1, 0.15) is 72.6 Å². The van der Waals surface area contributed by atoms with Crippen LogP contribution in [0.2, 0.25) is 0 Å². The highest BCUT2D eigenvalue weighted by Gasteiger charge is 2.55. The number of likely N-dealkylation sites (N-methyl/N-ethyl adjacent to an activating group) is 2. The normalized spacial score (nSPS) is 18.8. The van der Waals surface area contributed by atoms with Crippen LogP contribution in [-0.4, -0.2) is 108 Å². The van der Waals surface area contributed by atoms with Gasteiger partial charge < -0.3 is 39.2 Å². The molecule has 1 saturated heterocycles. The van der Waals surface area contributed by atoms with Gasteiger partial charge in [-0.15, -0.1) is 0 Å². The summed E-state index contributed by atoms with van der Waals surface area (Å²) in [6.07, 6.45) is 2.16. The summed E-state index contributed by atoms with van der Waals surface area (Å²) in [5.41, 5.74) is 2.67. The number of benzene rings is 4. The smallest absolute Gasteiger partial charge is 0.338 e. The number of ether oxygens (including phenoxy) is 4. The predicted octanol–water partition coefficient (Wildman–Crippen LogP) is 6.00. The van der Waals surface area contributed by atoms with Crippen LogP contribution in [0.25, 0.3) is 6.08 Å². The zero-order chi connectivity index (χ0) is 46.0. The van der Waals surface area contributed by atoms with Crippen LogP contribution in [0.4, 0.5) is 0 Å². The number of aliphatic hydroxyl groups excluding tert-OH is 1. The maximum absolute atomic E-state index is 14.8. The molecule has 3 amide bonds. The van der Waals surface area contributed by atoms with Gasteiger partial charge in [0.25, 0.3) is 0 Å². The zero-order valence-corrected chi connectivity index (χ0v) is 37.1. The number of esters is 2. The Hall–Kier alpha value is -6.41. The third kappa shape index (κ3) is 11.8. The molecule has 1 heterocycles. The Bertz CT molecular complexity index is 2270. The molecule has 0 saturated carbocycles. The summed E-state index contributed by atoms with van der Waals surface area (Å²) in [6.45, 7) is 4.84. The van der Waals surface area contributed by atoms with Crippen LogP contribution in [-0.2, 0) is 50.3 Å². The van der Waals surface area contributed by atoms with E-state index in [1.165, 1.54) is 22.9 Å². The summed E-state index contributed by atoms with van der Waals surface area (Å²) in [7, 11) is 4.84. The van der Waals surface area contributed by atoms with Crippen LogP contribution in [0.5, 0.6) is 0 Å². The number of aliphatic hydroxyl groups is 1. The molecule has 5 unspecified atom stereocenters. The molecule has 13 nitrogen and oxygen atoms in total. The molecule has 2 aliphatic rings. The Morgan fingerprint density at radius 2 is 1.44 bits per heavy atom. The fourth-order valence-corrected chi connectivity index (χ4v) is 7.64. The molecular weight excluding hydrogens is 815 g/mol. The molecule has 0 aromatic heterocycles. The van der Waals surface area contributed by atoms with Crippen molar-refractivity contribution in [2.75, 3.05) is 27.7 Å². The van der Waals surface area contributed by atoms with Crippen molar-refractivity contribution in [3.8, 4) is 0 Å². The van der Waals surface area contributed by atoms with Crippen molar-refractivity contribution < 1.29 is 48.0 Å². The molecular formula is C51H57N3O10. The van der Waals surface area contributed by atoms with E-state index in [1.807, 2.05) is 91.0 Å². The number of hydrogen-bond donors (Lipinski definition) is 2. The van der Waals surface area contributed by atoms with Crippen LogP contribution in [0, 0.1) is 0 Å². The van der Waals surface area contributed by atoms with E-state index in [2.05, 4.69) is 5.32 Å². The van der Waals surface area contributed by atoms with Gasteiger partial charge in [0.15, 0.2) is 0 Å². The lowest BCUT2D eigenvalue weighted by molar-refractivity contribution is -0.157. The number of nitrogens with one attached hydrogen (secondary N) is 1. The van der Waals surface area contributed by atoms with Crippen molar-refractivity contribution in [3.05, 3.63) is 161 Å². The molecule has 1 aliphatic heterocycles. The van der Waals surface area contributed by atoms with Crippen molar-refractivity contribution in [2.24, 2.45) is 0 Å². The second-order valence-corrected chi connectivity index (χ2v) is 17.2. The second-order valence-electron chi connectivity index (χ2n) is 17.2. The third-order valence-corrected chi connectivity index (χ3v) is 11.0. The average molecular weight is 872 g/mol. The summed E-state index contributed by atoms with van der Waals surface area (Å²) in [4.78, 5) is 70.4. The SMILES string of the molecule is CN(C)C(=O)C=Cc1ccc(C(=O)OC2CC(C(=O)N(C)C(Cc3ccccc3)C(=O)NC(CO)CCC(=O)OC(C)(C)C)=CC3OC(c4ccccc4)(c4ccccc4)OC32)cc1. The molecule has 4 aromatic carbocycles. The van der Waals surface area contributed by atoms with Crippen LogP contribution < -0.4 is 5.32 Å². The minimum atomic E-state index is -1.43. The maximum atomic E-state index is 14.8. The molecule has 0 spiro atoms. The quantitative estimate of drug-likeness (QED) is 0.101. The van der Waals surface area contributed by atoms with E-state index in [0.29, 0.717) is 16.7 Å². The van der Waals surface area contributed by atoms with E-state index >= 15 is 0 Å². The van der Waals surface area contributed by atoms with E-state index in [0.717, 1.165) is 5.56 Å². The van der Waals surface area contributed by atoms with E-state index in [1.54, 1.807) is 71.3 Å². The zero-order valence-electron chi connectivity index (χ0n) is 37.1. The summed E-state index contributed by atoms with van der Waals surface area (Å²) < 4.78 is 25.5.